The zero-order valence-electron chi connectivity index (χ0n) is 10.6. The molecule has 2 aliphatic rings. The molecule has 4 heteroatoms. The number of ether oxygens (including phenoxy) is 1. The number of carboxylic acid groups (broad SMARTS) is 1. The first-order valence-corrected chi connectivity index (χ1v) is 6.72. The maximum Gasteiger partial charge on any atom is 0.329 e. The highest BCUT2D eigenvalue weighted by molar-refractivity contribution is 5.68. The average Bonchev–Trinajstić information content (AvgIpc) is 3.11. The minimum absolute atomic E-state index is 0.149. The van der Waals surface area contributed by atoms with Crippen LogP contribution in [0.1, 0.15) is 39.0 Å². The van der Waals surface area contributed by atoms with Crippen molar-refractivity contribution in [3.05, 3.63) is 0 Å². The monoisotopic (exact) mass is 241 g/mol. The van der Waals surface area contributed by atoms with E-state index in [9.17, 15) is 4.79 Å². The number of hydrogen-bond donors (Lipinski definition) is 1. The van der Waals surface area contributed by atoms with Gasteiger partial charge in [-0.15, -0.1) is 0 Å². The lowest BCUT2D eigenvalue weighted by molar-refractivity contribution is -0.145. The van der Waals surface area contributed by atoms with Crippen molar-refractivity contribution in [2.75, 3.05) is 19.7 Å². The van der Waals surface area contributed by atoms with Gasteiger partial charge in [0.1, 0.15) is 6.61 Å². The van der Waals surface area contributed by atoms with E-state index in [0.29, 0.717) is 6.04 Å². The van der Waals surface area contributed by atoms with Crippen molar-refractivity contribution < 1.29 is 14.6 Å². The standard InChI is InChI=1S/C13H23NO3/c1-10(8-11-2-3-11)14-6-4-12(5-7-14)17-9-13(15)16/h10-12H,2-9H2,1H3,(H,15,16). The van der Waals surface area contributed by atoms with Crippen LogP contribution in [0.15, 0.2) is 0 Å². The Labute approximate surface area is 103 Å². The van der Waals surface area contributed by atoms with Gasteiger partial charge in [0.05, 0.1) is 6.10 Å². The van der Waals surface area contributed by atoms with Crippen LogP contribution in [0.5, 0.6) is 0 Å². The summed E-state index contributed by atoms with van der Waals surface area (Å²) in [5, 5.41) is 8.55. The van der Waals surface area contributed by atoms with E-state index in [4.69, 9.17) is 9.84 Å². The van der Waals surface area contributed by atoms with E-state index in [1.54, 1.807) is 0 Å². The van der Waals surface area contributed by atoms with Crippen LogP contribution in [0, 0.1) is 5.92 Å². The molecule has 2 fully saturated rings. The molecule has 1 unspecified atom stereocenters. The molecule has 17 heavy (non-hydrogen) atoms. The summed E-state index contributed by atoms with van der Waals surface area (Å²) in [7, 11) is 0. The van der Waals surface area contributed by atoms with Gasteiger partial charge in [0.2, 0.25) is 0 Å². The van der Waals surface area contributed by atoms with Crippen molar-refractivity contribution in [3.63, 3.8) is 0 Å². The molecule has 4 nitrogen and oxygen atoms in total. The highest BCUT2D eigenvalue weighted by Gasteiger charge is 2.28. The second kappa shape index (κ2) is 5.83. The molecule has 1 heterocycles. The first kappa shape index (κ1) is 12.8. The van der Waals surface area contributed by atoms with E-state index in [-0.39, 0.29) is 12.7 Å². The van der Waals surface area contributed by atoms with E-state index in [2.05, 4.69) is 11.8 Å². The number of nitrogens with zero attached hydrogens (tertiary/aromatic N) is 1. The fourth-order valence-electron chi connectivity index (χ4n) is 2.66. The maximum atomic E-state index is 10.4. The third-order valence-corrected chi connectivity index (χ3v) is 3.91. The van der Waals surface area contributed by atoms with Crippen LogP contribution < -0.4 is 0 Å². The Hall–Kier alpha value is -0.610. The molecule has 0 aromatic carbocycles. The number of carboxylic acids is 1. The second-order valence-corrected chi connectivity index (χ2v) is 5.47. The van der Waals surface area contributed by atoms with Crippen LogP contribution in [-0.2, 0) is 9.53 Å². The Balaban J connectivity index is 1.64. The lowest BCUT2D eigenvalue weighted by Gasteiger charge is -2.35. The zero-order valence-corrected chi connectivity index (χ0v) is 10.6. The molecule has 98 valence electrons. The first-order valence-electron chi connectivity index (χ1n) is 6.72. The maximum absolute atomic E-state index is 10.4. The van der Waals surface area contributed by atoms with Crippen LogP contribution in [0.3, 0.4) is 0 Å². The van der Waals surface area contributed by atoms with E-state index in [0.717, 1.165) is 31.8 Å². The number of aliphatic carboxylic acids is 1. The lowest BCUT2D eigenvalue weighted by atomic mass is 10.0. The van der Waals surface area contributed by atoms with Gasteiger partial charge < -0.3 is 14.7 Å². The number of likely N-dealkylation sites (tertiary alicyclic amines) is 1. The summed E-state index contributed by atoms with van der Waals surface area (Å²) < 4.78 is 5.34. The number of piperidine rings is 1. The van der Waals surface area contributed by atoms with Gasteiger partial charge in [0, 0.05) is 19.1 Å². The van der Waals surface area contributed by atoms with E-state index < -0.39 is 5.97 Å². The molecule has 0 aromatic heterocycles. The molecule has 0 bridgehead atoms. The summed E-state index contributed by atoms with van der Waals surface area (Å²) in [5.74, 6) is 0.112. The number of rotatable bonds is 6. The van der Waals surface area contributed by atoms with Gasteiger partial charge >= 0.3 is 5.97 Å². The topological polar surface area (TPSA) is 49.8 Å². The molecule has 0 amide bonds. The van der Waals surface area contributed by atoms with Crippen molar-refractivity contribution in [2.45, 2.75) is 51.2 Å². The van der Waals surface area contributed by atoms with Gasteiger partial charge in [-0.1, -0.05) is 12.8 Å². The fourth-order valence-corrected chi connectivity index (χ4v) is 2.66. The smallest absolute Gasteiger partial charge is 0.329 e. The average molecular weight is 241 g/mol. The van der Waals surface area contributed by atoms with Crippen LogP contribution in [0.25, 0.3) is 0 Å². The van der Waals surface area contributed by atoms with Crippen LogP contribution in [0.2, 0.25) is 0 Å². The summed E-state index contributed by atoms with van der Waals surface area (Å²) in [6.45, 7) is 4.27. The zero-order chi connectivity index (χ0) is 12.3. The molecule has 1 saturated carbocycles. The van der Waals surface area contributed by atoms with Crippen LogP contribution in [0.4, 0.5) is 0 Å². The van der Waals surface area contributed by atoms with Crippen molar-refractivity contribution >= 4 is 5.97 Å². The molecule has 1 atom stereocenters. The molecule has 1 aliphatic carbocycles. The minimum atomic E-state index is -0.866. The Kier molecular flexibility index (Phi) is 4.40. The molecule has 1 N–H and O–H groups in total. The molecule has 0 radical (unpaired) electrons. The molecule has 2 rings (SSSR count). The van der Waals surface area contributed by atoms with Gasteiger partial charge in [-0.05, 0) is 32.1 Å². The molecular formula is C13H23NO3. The molecule has 0 aromatic rings. The SMILES string of the molecule is CC(CC1CC1)N1CCC(OCC(=O)O)CC1. The van der Waals surface area contributed by atoms with Crippen molar-refractivity contribution in [1.82, 2.24) is 4.90 Å². The Morgan fingerprint density at radius 2 is 2.00 bits per heavy atom. The van der Waals surface area contributed by atoms with Crippen molar-refractivity contribution in [1.29, 1.82) is 0 Å². The Bertz CT molecular complexity index is 257. The van der Waals surface area contributed by atoms with Gasteiger partial charge in [-0.2, -0.15) is 0 Å². The predicted octanol–water partition coefficient (Wildman–Crippen LogP) is 1.74. The third kappa shape index (κ3) is 4.28. The first-order chi connectivity index (χ1) is 8.15. The molecule has 1 saturated heterocycles. The Morgan fingerprint density at radius 1 is 1.35 bits per heavy atom. The van der Waals surface area contributed by atoms with E-state index in [1.807, 2.05) is 0 Å². The third-order valence-electron chi connectivity index (χ3n) is 3.91. The van der Waals surface area contributed by atoms with Gasteiger partial charge in [-0.3, -0.25) is 0 Å². The van der Waals surface area contributed by atoms with Gasteiger partial charge in [-0.25, -0.2) is 4.79 Å². The lowest BCUT2D eigenvalue weighted by Crippen LogP contribution is -2.42. The van der Waals surface area contributed by atoms with E-state index >= 15 is 0 Å². The summed E-state index contributed by atoms with van der Waals surface area (Å²) in [6.07, 6.45) is 6.27. The number of carbonyl (C=O) groups is 1. The summed E-state index contributed by atoms with van der Waals surface area (Å²) in [4.78, 5) is 12.9. The highest BCUT2D eigenvalue weighted by atomic mass is 16.5. The highest BCUT2D eigenvalue weighted by Crippen LogP contribution is 2.35. The van der Waals surface area contributed by atoms with Gasteiger partial charge in [0.25, 0.3) is 0 Å². The normalized spacial score (nSPS) is 24.8. The van der Waals surface area contributed by atoms with Crippen molar-refractivity contribution in [2.24, 2.45) is 5.92 Å². The predicted molar refractivity (Wildman–Crippen MR) is 65.0 cm³/mol. The van der Waals surface area contributed by atoms with Crippen LogP contribution >= 0.6 is 0 Å². The quantitative estimate of drug-likeness (QED) is 0.769. The van der Waals surface area contributed by atoms with Gasteiger partial charge in [0.15, 0.2) is 0 Å². The second-order valence-electron chi connectivity index (χ2n) is 5.47. The Morgan fingerprint density at radius 3 is 2.53 bits per heavy atom. The van der Waals surface area contributed by atoms with Crippen molar-refractivity contribution in [3.8, 4) is 0 Å². The summed E-state index contributed by atoms with van der Waals surface area (Å²) in [6, 6.07) is 0.683. The summed E-state index contributed by atoms with van der Waals surface area (Å²) in [5.41, 5.74) is 0. The largest absolute Gasteiger partial charge is 0.480 e. The number of hydrogen-bond acceptors (Lipinski definition) is 3. The van der Waals surface area contributed by atoms with E-state index in [1.165, 1.54) is 19.3 Å². The minimum Gasteiger partial charge on any atom is -0.480 e. The summed E-state index contributed by atoms with van der Waals surface area (Å²) >= 11 is 0. The molecular weight excluding hydrogens is 218 g/mol. The fraction of sp³-hybridized carbons (Fsp3) is 0.923. The van der Waals surface area contributed by atoms with Crippen LogP contribution in [-0.4, -0.2) is 47.8 Å². The molecule has 0 spiro atoms. The molecule has 1 aliphatic heterocycles.